The first kappa shape index (κ1) is 31.1. The zero-order valence-electron chi connectivity index (χ0n) is 24.4. The lowest BCUT2D eigenvalue weighted by Crippen LogP contribution is -2.24. The van der Waals surface area contributed by atoms with Crippen LogP contribution >= 0.6 is 0 Å². The van der Waals surface area contributed by atoms with E-state index in [2.05, 4.69) is 67.6 Å². The highest BCUT2D eigenvalue weighted by atomic mass is 16.5. The molecule has 40 heavy (non-hydrogen) atoms. The minimum atomic E-state index is -0.649. The number of esters is 1. The second kappa shape index (κ2) is 18.0. The average Bonchev–Trinajstić information content (AvgIpc) is 2.98. The van der Waals surface area contributed by atoms with Crippen molar-refractivity contribution in [1.82, 2.24) is 0 Å². The molecule has 3 aromatic rings. The van der Waals surface area contributed by atoms with Gasteiger partial charge in [0.25, 0.3) is 0 Å². The van der Waals surface area contributed by atoms with Crippen LogP contribution in [0.25, 0.3) is 23.3 Å². The van der Waals surface area contributed by atoms with Gasteiger partial charge in [0.1, 0.15) is 18.3 Å². The van der Waals surface area contributed by atoms with E-state index in [0.29, 0.717) is 6.42 Å². The Morgan fingerprint density at radius 2 is 1.15 bits per heavy atom. The number of ketones is 1. The van der Waals surface area contributed by atoms with E-state index < -0.39 is 11.9 Å². The second-order valence-corrected chi connectivity index (χ2v) is 10.8. The van der Waals surface area contributed by atoms with Crippen LogP contribution < -0.4 is 0 Å². The van der Waals surface area contributed by atoms with Crippen LogP contribution in [-0.4, -0.2) is 11.8 Å². The maximum Gasteiger partial charge on any atom is 0.316 e. The zero-order valence-corrected chi connectivity index (χ0v) is 24.4. The lowest BCUT2D eigenvalue weighted by atomic mass is 9.97. The summed E-state index contributed by atoms with van der Waals surface area (Å²) in [5, 5.41) is 0. The average molecular weight is 539 g/mol. The van der Waals surface area contributed by atoms with Gasteiger partial charge in [-0.2, -0.15) is 0 Å². The molecule has 0 aliphatic carbocycles. The molecule has 3 nitrogen and oxygen atoms in total. The van der Waals surface area contributed by atoms with Crippen LogP contribution in [0.1, 0.15) is 101 Å². The minimum Gasteiger partial charge on any atom is -0.460 e. The monoisotopic (exact) mass is 538 g/mol. The van der Waals surface area contributed by atoms with Gasteiger partial charge in [-0.05, 0) is 41.2 Å². The van der Waals surface area contributed by atoms with Crippen molar-refractivity contribution in [2.24, 2.45) is 5.92 Å². The predicted octanol–water partition coefficient (Wildman–Crippen LogP) is 10.1. The second-order valence-electron chi connectivity index (χ2n) is 10.8. The van der Waals surface area contributed by atoms with E-state index in [-0.39, 0.29) is 12.4 Å². The molecule has 0 fully saturated rings. The Kier molecular flexibility index (Phi) is 14.0. The third-order valence-electron chi connectivity index (χ3n) is 7.47. The predicted molar refractivity (Wildman–Crippen MR) is 168 cm³/mol. The topological polar surface area (TPSA) is 43.4 Å². The molecular weight excluding hydrogens is 492 g/mol. The molecule has 0 aromatic heterocycles. The fraction of sp³-hybridized carbons (Fsp3) is 0.405. The Morgan fingerprint density at radius 1 is 0.650 bits per heavy atom. The molecule has 0 saturated carbocycles. The first-order chi connectivity index (χ1) is 19.6. The molecular formula is C37H46O3. The summed E-state index contributed by atoms with van der Waals surface area (Å²) in [4.78, 5) is 24.7. The normalized spacial score (nSPS) is 11.9. The molecule has 0 radical (unpaired) electrons. The van der Waals surface area contributed by atoms with Gasteiger partial charge in [0.15, 0.2) is 0 Å². The van der Waals surface area contributed by atoms with Crippen LogP contribution in [0.5, 0.6) is 0 Å². The third kappa shape index (κ3) is 11.3. The first-order valence-electron chi connectivity index (χ1n) is 15.2. The van der Waals surface area contributed by atoms with E-state index >= 15 is 0 Å². The fourth-order valence-corrected chi connectivity index (χ4v) is 4.91. The number of hydrogen-bond acceptors (Lipinski definition) is 3. The molecule has 0 saturated heterocycles. The molecule has 3 heteroatoms. The van der Waals surface area contributed by atoms with Crippen molar-refractivity contribution in [2.75, 3.05) is 0 Å². The lowest BCUT2D eigenvalue weighted by Gasteiger charge is -2.13. The van der Waals surface area contributed by atoms with Crippen LogP contribution in [0.3, 0.4) is 0 Å². The van der Waals surface area contributed by atoms with Crippen molar-refractivity contribution in [1.29, 1.82) is 0 Å². The van der Waals surface area contributed by atoms with Crippen LogP contribution in [0.2, 0.25) is 0 Å². The quantitative estimate of drug-likeness (QED) is 0.0700. The number of carbonyl (C=O) groups is 2. The van der Waals surface area contributed by atoms with E-state index in [1.165, 1.54) is 69.4 Å². The molecule has 1 unspecified atom stereocenters. The number of carbonyl (C=O) groups excluding carboxylic acids is 2. The molecule has 0 heterocycles. The van der Waals surface area contributed by atoms with Crippen molar-refractivity contribution in [3.8, 4) is 11.1 Å². The van der Waals surface area contributed by atoms with Gasteiger partial charge in [0, 0.05) is 0 Å². The molecule has 3 rings (SSSR count). The lowest BCUT2D eigenvalue weighted by molar-refractivity contribution is -0.153. The van der Waals surface area contributed by atoms with E-state index in [1.807, 2.05) is 30.3 Å². The van der Waals surface area contributed by atoms with Gasteiger partial charge in [0.05, 0.1) is 0 Å². The number of rotatable bonds is 18. The molecule has 0 aliphatic heterocycles. The summed E-state index contributed by atoms with van der Waals surface area (Å²) < 4.78 is 5.53. The molecule has 3 aromatic carbocycles. The number of hydrogen-bond donors (Lipinski definition) is 0. The minimum absolute atomic E-state index is 0.0989. The maximum absolute atomic E-state index is 12.6. The van der Waals surface area contributed by atoms with E-state index in [9.17, 15) is 9.59 Å². The standard InChI is InChI=1S/C37H46O3/c1-3-4-5-6-7-8-9-10-11-15-18-36(30(2)38)37(39)40-29-33-23-21-31(22-24-33)19-20-32-25-27-35(28-26-32)34-16-13-12-14-17-34/h12-14,16-17,19-28,36H,3-11,15,18,29H2,1-2H3/b20-19+. The highest BCUT2D eigenvalue weighted by molar-refractivity contribution is 5.97. The van der Waals surface area contributed by atoms with Gasteiger partial charge in [-0.1, -0.05) is 162 Å². The number of benzene rings is 3. The van der Waals surface area contributed by atoms with Gasteiger partial charge in [0.2, 0.25) is 0 Å². The molecule has 0 amide bonds. The summed E-state index contributed by atoms with van der Waals surface area (Å²) in [6.45, 7) is 3.93. The van der Waals surface area contributed by atoms with Crippen LogP contribution in [0.15, 0.2) is 78.9 Å². The Morgan fingerprint density at radius 3 is 1.70 bits per heavy atom. The van der Waals surface area contributed by atoms with Crippen LogP contribution in [-0.2, 0) is 20.9 Å². The number of unbranched alkanes of at least 4 members (excludes halogenated alkanes) is 9. The van der Waals surface area contributed by atoms with Gasteiger partial charge >= 0.3 is 5.97 Å². The van der Waals surface area contributed by atoms with Gasteiger partial charge in [-0.3, -0.25) is 9.59 Å². The molecule has 212 valence electrons. The molecule has 0 N–H and O–H groups in total. The SMILES string of the molecule is CCCCCCCCCCCCC(C(C)=O)C(=O)OCc1ccc(/C=C/c2ccc(-c3ccccc3)cc2)cc1. The summed E-state index contributed by atoms with van der Waals surface area (Å²) in [6, 6.07) is 26.8. The Hall–Kier alpha value is -3.46. The zero-order chi connectivity index (χ0) is 28.4. The highest BCUT2D eigenvalue weighted by Crippen LogP contribution is 2.21. The summed E-state index contributed by atoms with van der Waals surface area (Å²) >= 11 is 0. The van der Waals surface area contributed by atoms with Crippen LogP contribution in [0.4, 0.5) is 0 Å². The summed E-state index contributed by atoms with van der Waals surface area (Å²) in [5.41, 5.74) is 5.54. The van der Waals surface area contributed by atoms with Gasteiger partial charge in [-0.25, -0.2) is 0 Å². The number of Topliss-reactive ketones (excluding diaryl/α,β-unsaturated/α-hetero) is 1. The summed E-state index contributed by atoms with van der Waals surface area (Å²) in [5.74, 6) is -1.14. The molecule has 0 spiro atoms. The van der Waals surface area contributed by atoms with Crippen molar-refractivity contribution < 1.29 is 14.3 Å². The van der Waals surface area contributed by atoms with Crippen LogP contribution in [0, 0.1) is 5.92 Å². The largest absolute Gasteiger partial charge is 0.460 e. The Labute approximate surface area is 241 Å². The Balaban J connectivity index is 1.37. The van der Waals surface area contributed by atoms with E-state index in [4.69, 9.17) is 4.74 Å². The van der Waals surface area contributed by atoms with Crippen molar-refractivity contribution >= 4 is 23.9 Å². The summed E-state index contributed by atoms with van der Waals surface area (Å²) in [7, 11) is 0. The highest BCUT2D eigenvalue weighted by Gasteiger charge is 2.24. The number of ether oxygens (including phenoxy) is 1. The van der Waals surface area contributed by atoms with Gasteiger partial charge < -0.3 is 4.74 Å². The van der Waals surface area contributed by atoms with Gasteiger partial charge in [-0.15, -0.1) is 0 Å². The summed E-state index contributed by atoms with van der Waals surface area (Å²) in [6.07, 6.45) is 17.1. The Bertz CT molecular complexity index is 1160. The maximum atomic E-state index is 12.6. The van der Waals surface area contributed by atoms with E-state index in [1.54, 1.807) is 0 Å². The third-order valence-corrected chi connectivity index (χ3v) is 7.47. The first-order valence-corrected chi connectivity index (χ1v) is 15.2. The van der Waals surface area contributed by atoms with Crippen molar-refractivity contribution in [3.63, 3.8) is 0 Å². The van der Waals surface area contributed by atoms with E-state index in [0.717, 1.165) is 29.5 Å². The fourth-order valence-electron chi connectivity index (χ4n) is 4.91. The molecule has 0 aliphatic rings. The molecule has 0 bridgehead atoms. The molecule has 1 atom stereocenters. The smallest absolute Gasteiger partial charge is 0.316 e. The van der Waals surface area contributed by atoms with Crippen molar-refractivity contribution in [2.45, 2.75) is 91.1 Å². The van der Waals surface area contributed by atoms with Crippen molar-refractivity contribution in [3.05, 3.63) is 95.6 Å².